The fourth-order valence-electron chi connectivity index (χ4n) is 2.56. The first-order valence-corrected chi connectivity index (χ1v) is 9.04. The zero-order chi connectivity index (χ0) is 15.1. The molecular formula is C18H38NO+. The first-order valence-electron chi connectivity index (χ1n) is 9.04. The molecule has 0 aromatic rings. The minimum Gasteiger partial charge on any atom is -0.349 e. The topological polar surface area (TPSA) is 44.7 Å². The van der Waals surface area contributed by atoms with E-state index in [9.17, 15) is 4.79 Å². The molecule has 0 spiro atoms. The molecule has 0 aliphatic carbocycles. The van der Waals surface area contributed by atoms with Crippen molar-refractivity contribution in [3.05, 3.63) is 0 Å². The van der Waals surface area contributed by atoms with Gasteiger partial charge in [0.25, 0.3) is 0 Å². The SMILES string of the molecule is CCCCCCCCCCCCCCCC(=O)[C@H](C)[NH3+]. The third-order valence-electron chi connectivity index (χ3n) is 4.08. The number of carbonyl (C=O) groups excluding carboxylic acids is 1. The molecule has 0 aromatic heterocycles. The van der Waals surface area contributed by atoms with E-state index in [1.54, 1.807) is 0 Å². The van der Waals surface area contributed by atoms with Gasteiger partial charge in [0.1, 0.15) is 6.04 Å². The van der Waals surface area contributed by atoms with E-state index in [0.29, 0.717) is 5.78 Å². The van der Waals surface area contributed by atoms with Crippen LogP contribution < -0.4 is 5.73 Å². The van der Waals surface area contributed by atoms with Crippen molar-refractivity contribution in [3.63, 3.8) is 0 Å². The van der Waals surface area contributed by atoms with Gasteiger partial charge >= 0.3 is 0 Å². The lowest BCUT2D eigenvalue weighted by molar-refractivity contribution is -0.397. The molecule has 0 fully saturated rings. The molecule has 0 heterocycles. The van der Waals surface area contributed by atoms with Gasteiger partial charge in [0.05, 0.1) is 0 Å². The summed E-state index contributed by atoms with van der Waals surface area (Å²) in [7, 11) is 0. The van der Waals surface area contributed by atoms with E-state index in [4.69, 9.17) is 0 Å². The molecule has 2 heteroatoms. The predicted octanol–water partition coefficient (Wildman–Crippen LogP) is 4.67. The Labute approximate surface area is 126 Å². The minimum absolute atomic E-state index is 0.0210. The molecule has 120 valence electrons. The zero-order valence-electron chi connectivity index (χ0n) is 14.1. The quantitative estimate of drug-likeness (QED) is 0.436. The van der Waals surface area contributed by atoms with Crippen LogP contribution in [-0.2, 0) is 4.79 Å². The Morgan fingerprint density at radius 2 is 1.10 bits per heavy atom. The van der Waals surface area contributed by atoms with Crippen LogP contribution in [0, 0.1) is 0 Å². The third-order valence-corrected chi connectivity index (χ3v) is 4.08. The number of carbonyl (C=O) groups is 1. The van der Waals surface area contributed by atoms with E-state index < -0.39 is 0 Å². The molecule has 3 N–H and O–H groups in total. The van der Waals surface area contributed by atoms with Gasteiger partial charge in [-0.1, -0.05) is 84.0 Å². The highest BCUT2D eigenvalue weighted by atomic mass is 16.1. The summed E-state index contributed by atoms with van der Waals surface area (Å²) in [5.41, 5.74) is 3.77. The maximum atomic E-state index is 11.4. The molecule has 0 aliphatic rings. The molecular weight excluding hydrogens is 246 g/mol. The Bertz CT molecular complexity index is 213. The van der Waals surface area contributed by atoms with E-state index in [1.807, 2.05) is 6.92 Å². The lowest BCUT2D eigenvalue weighted by atomic mass is 10.0. The standard InChI is InChI=1S/C18H37NO/c1-3-4-5-6-7-8-9-10-11-12-13-14-15-16-18(20)17(2)19/h17H,3-16,19H2,1-2H3/p+1/t17-/m0/s1. The van der Waals surface area contributed by atoms with Gasteiger partial charge in [0.2, 0.25) is 0 Å². The smallest absolute Gasteiger partial charge is 0.189 e. The molecule has 0 aliphatic heterocycles. The van der Waals surface area contributed by atoms with Gasteiger partial charge in [-0.15, -0.1) is 0 Å². The van der Waals surface area contributed by atoms with Gasteiger partial charge in [-0.3, -0.25) is 4.79 Å². The number of ketones is 1. The molecule has 0 unspecified atom stereocenters. The molecule has 0 bridgehead atoms. The van der Waals surface area contributed by atoms with E-state index in [1.165, 1.54) is 77.0 Å². The molecule has 0 amide bonds. The van der Waals surface area contributed by atoms with Crippen LogP contribution in [0.4, 0.5) is 0 Å². The molecule has 0 radical (unpaired) electrons. The van der Waals surface area contributed by atoms with Crippen LogP contribution >= 0.6 is 0 Å². The van der Waals surface area contributed by atoms with Crippen molar-refractivity contribution < 1.29 is 10.5 Å². The van der Waals surface area contributed by atoms with E-state index in [2.05, 4.69) is 12.7 Å². The van der Waals surface area contributed by atoms with Crippen LogP contribution in [0.25, 0.3) is 0 Å². The van der Waals surface area contributed by atoms with Gasteiger partial charge in [0.15, 0.2) is 5.78 Å². The van der Waals surface area contributed by atoms with Gasteiger partial charge in [-0.2, -0.15) is 0 Å². The van der Waals surface area contributed by atoms with Gasteiger partial charge in [-0.25, -0.2) is 0 Å². The number of hydrogen-bond donors (Lipinski definition) is 1. The third kappa shape index (κ3) is 14.0. The molecule has 0 saturated carbocycles. The first-order chi connectivity index (χ1) is 9.68. The van der Waals surface area contributed by atoms with Crippen molar-refractivity contribution >= 4 is 5.78 Å². The normalized spacial score (nSPS) is 12.6. The van der Waals surface area contributed by atoms with Crippen molar-refractivity contribution in [2.75, 3.05) is 0 Å². The summed E-state index contributed by atoms with van der Waals surface area (Å²) in [6.45, 7) is 4.17. The molecule has 2 nitrogen and oxygen atoms in total. The van der Waals surface area contributed by atoms with Crippen molar-refractivity contribution in [2.45, 2.75) is 110 Å². The van der Waals surface area contributed by atoms with Crippen molar-refractivity contribution in [2.24, 2.45) is 0 Å². The second-order valence-corrected chi connectivity index (χ2v) is 6.36. The van der Waals surface area contributed by atoms with Crippen molar-refractivity contribution in [1.29, 1.82) is 0 Å². The molecule has 0 rings (SSSR count). The Kier molecular flexibility index (Phi) is 14.7. The van der Waals surface area contributed by atoms with E-state index in [-0.39, 0.29) is 6.04 Å². The average molecular weight is 285 g/mol. The Balaban J connectivity index is 3.04. The van der Waals surface area contributed by atoms with Crippen LogP contribution in [0.1, 0.15) is 104 Å². The van der Waals surface area contributed by atoms with Gasteiger partial charge in [0, 0.05) is 6.42 Å². The predicted molar refractivity (Wildman–Crippen MR) is 87.7 cm³/mol. The maximum Gasteiger partial charge on any atom is 0.189 e. The average Bonchev–Trinajstić information content (AvgIpc) is 2.43. The van der Waals surface area contributed by atoms with Crippen LogP contribution in [0.15, 0.2) is 0 Å². The van der Waals surface area contributed by atoms with Crippen LogP contribution in [0.5, 0.6) is 0 Å². The maximum absolute atomic E-state index is 11.4. The number of rotatable bonds is 15. The fourth-order valence-corrected chi connectivity index (χ4v) is 2.56. The minimum atomic E-state index is -0.0210. The summed E-state index contributed by atoms with van der Waals surface area (Å²) in [6, 6.07) is -0.0210. The number of unbranched alkanes of at least 4 members (excludes halogenated alkanes) is 12. The number of hydrogen-bond acceptors (Lipinski definition) is 1. The molecule has 20 heavy (non-hydrogen) atoms. The lowest BCUT2D eigenvalue weighted by Gasteiger charge is -2.03. The highest BCUT2D eigenvalue weighted by molar-refractivity contribution is 5.81. The Hall–Kier alpha value is -0.370. The number of quaternary nitrogens is 1. The summed E-state index contributed by atoms with van der Waals surface area (Å²) in [6.07, 6.45) is 18.4. The number of Topliss-reactive ketones (excluding diaryl/α,β-unsaturated/α-hetero) is 1. The second-order valence-electron chi connectivity index (χ2n) is 6.36. The Morgan fingerprint density at radius 1 is 0.750 bits per heavy atom. The zero-order valence-corrected chi connectivity index (χ0v) is 14.1. The summed E-state index contributed by atoms with van der Waals surface area (Å²) in [5, 5.41) is 0. The van der Waals surface area contributed by atoms with Crippen LogP contribution in [0.3, 0.4) is 0 Å². The highest BCUT2D eigenvalue weighted by Gasteiger charge is 2.09. The van der Waals surface area contributed by atoms with E-state index >= 15 is 0 Å². The molecule has 0 saturated heterocycles. The van der Waals surface area contributed by atoms with Crippen LogP contribution in [-0.4, -0.2) is 11.8 Å². The van der Waals surface area contributed by atoms with E-state index in [0.717, 1.165) is 12.8 Å². The highest BCUT2D eigenvalue weighted by Crippen LogP contribution is 2.13. The summed E-state index contributed by atoms with van der Waals surface area (Å²) >= 11 is 0. The summed E-state index contributed by atoms with van der Waals surface area (Å²) in [4.78, 5) is 11.4. The summed E-state index contributed by atoms with van der Waals surface area (Å²) in [5.74, 6) is 0.327. The molecule has 0 aromatic carbocycles. The Morgan fingerprint density at radius 3 is 1.45 bits per heavy atom. The monoisotopic (exact) mass is 284 g/mol. The largest absolute Gasteiger partial charge is 0.349 e. The fraction of sp³-hybridized carbons (Fsp3) is 0.944. The molecule has 1 atom stereocenters. The lowest BCUT2D eigenvalue weighted by Crippen LogP contribution is -2.63. The first kappa shape index (κ1) is 19.6. The van der Waals surface area contributed by atoms with Gasteiger partial charge < -0.3 is 5.73 Å². The van der Waals surface area contributed by atoms with Gasteiger partial charge in [-0.05, 0) is 13.3 Å². The van der Waals surface area contributed by atoms with Crippen molar-refractivity contribution in [1.82, 2.24) is 0 Å². The summed E-state index contributed by atoms with van der Waals surface area (Å²) < 4.78 is 0. The van der Waals surface area contributed by atoms with Crippen LogP contribution in [0.2, 0.25) is 0 Å². The van der Waals surface area contributed by atoms with Crippen molar-refractivity contribution in [3.8, 4) is 0 Å². The second kappa shape index (κ2) is 15.0.